The number of benzene rings is 1. The fourth-order valence-corrected chi connectivity index (χ4v) is 1.78. The van der Waals surface area contributed by atoms with Crippen LogP contribution in [-0.4, -0.2) is 11.6 Å². The third-order valence-corrected chi connectivity index (χ3v) is 2.71. The number of hydrogen-bond donors (Lipinski definition) is 1. The van der Waals surface area contributed by atoms with E-state index in [4.69, 9.17) is 4.74 Å². The molecule has 0 amide bonds. The molecule has 1 N–H and O–H groups in total. The van der Waals surface area contributed by atoms with Gasteiger partial charge >= 0.3 is 0 Å². The molecule has 3 nitrogen and oxygen atoms in total. The first-order valence-corrected chi connectivity index (χ1v) is 6.03. The quantitative estimate of drug-likeness (QED) is 0.879. The van der Waals surface area contributed by atoms with Crippen molar-refractivity contribution in [1.82, 2.24) is 4.98 Å². The smallest absolute Gasteiger partial charge is 0.189 e. The molecule has 0 aliphatic heterocycles. The Bertz CT molecular complexity index is 572. The van der Waals surface area contributed by atoms with Crippen LogP contribution >= 0.6 is 0 Å². The van der Waals surface area contributed by atoms with E-state index in [2.05, 4.69) is 11.9 Å². The molecule has 0 saturated carbocycles. The van der Waals surface area contributed by atoms with Crippen molar-refractivity contribution in [3.8, 4) is 5.75 Å². The van der Waals surface area contributed by atoms with Crippen LogP contribution in [0.4, 0.5) is 0 Å². The molecule has 0 spiro atoms. The van der Waals surface area contributed by atoms with Crippen molar-refractivity contribution < 1.29 is 4.74 Å². The third kappa shape index (κ3) is 2.49. The fourth-order valence-electron chi connectivity index (χ4n) is 1.78. The van der Waals surface area contributed by atoms with Gasteiger partial charge in [0.2, 0.25) is 0 Å². The Morgan fingerprint density at radius 1 is 1.24 bits per heavy atom. The summed E-state index contributed by atoms with van der Waals surface area (Å²) < 4.78 is 5.52. The first-order valence-electron chi connectivity index (χ1n) is 6.03. The minimum atomic E-state index is 0.0533. The van der Waals surface area contributed by atoms with Gasteiger partial charge in [0.15, 0.2) is 5.43 Å². The van der Waals surface area contributed by atoms with E-state index in [1.165, 1.54) is 0 Å². The van der Waals surface area contributed by atoms with Crippen molar-refractivity contribution >= 4 is 10.9 Å². The van der Waals surface area contributed by atoms with Gasteiger partial charge in [0.1, 0.15) is 5.75 Å². The molecule has 2 rings (SSSR count). The Labute approximate surface area is 100 Å². The number of aromatic amines is 1. The van der Waals surface area contributed by atoms with Crippen molar-refractivity contribution in [1.29, 1.82) is 0 Å². The van der Waals surface area contributed by atoms with Crippen molar-refractivity contribution in [2.45, 2.75) is 26.7 Å². The van der Waals surface area contributed by atoms with Crippen LogP contribution in [0.15, 0.2) is 29.1 Å². The van der Waals surface area contributed by atoms with E-state index in [1.54, 1.807) is 6.07 Å². The lowest BCUT2D eigenvalue weighted by molar-refractivity contribution is 0.318. The Kier molecular flexibility index (Phi) is 3.47. The molecule has 17 heavy (non-hydrogen) atoms. The van der Waals surface area contributed by atoms with Crippen LogP contribution in [0.1, 0.15) is 26.0 Å². The number of hydrogen-bond acceptors (Lipinski definition) is 2. The van der Waals surface area contributed by atoms with Gasteiger partial charge in [-0.05, 0) is 31.0 Å². The minimum absolute atomic E-state index is 0.0533. The summed E-state index contributed by atoms with van der Waals surface area (Å²) in [5, 5.41) is 0.691. The highest BCUT2D eigenvalue weighted by molar-refractivity contribution is 5.80. The van der Waals surface area contributed by atoms with Crippen LogP contribution in [0, 0.1) is 0 Å². The second-order valence-corrected chi connectivity index (χ2v) is 4.07. The lowest BCUT2D eigenvalue weighted by atomic mass is 10.1. The Hall–Kier alpha value is -1.77. The van der Waals surface area contributed by atoms with Crippen molar-refractivity contribution in [3.05, 3.63) is 40.2 Å². The van der Waals surface area contributed by atoms with Crippen LogP contribution in [0.2, 0.25) is 0 Å². The van der Waals surface area contributed by atoms with Crippen molar-refractivity contribution in [2.75, 3.05) is 6.61 Å². The van der Waals surface area contributed by atoms with Crippen LogP contribution in [0.5, 0.6) is 5.75 Å². The largest absolute Gasteiger partial charge is 0.494 e. The first-order chi connectivity index (χ1) is 8.24. The fraction of sp³-hybridized carbons (Fsp3) is 0.357. The summed E-state index contributed by atoms with van der Waals surface area (Å²) in [6.07, 6.45) is 1.79. The van der Waals surface area contributed by atoms with Gasteiger partial charge in [-0.3, -0.25) is 4.79 Å². The van der Waals surface area contributed by atoms with Crippen molar-refractivity contribution in [2.24, 2.45) is 0 Å². The number of aromatic nitrogens is 1. The van der Waals surface area contributed by atoms with E-state index >= 15 is 0 Å². The summed E-state index contributed by atoms with van der Waals surface area (Å²) >= 11 is 0. The SMILES string of the molecule is CCCOc1ccc2[nH]c(CC)cc(=O)c2c1. The summed E-state index contributed by atoms with van der Waals surface area (Å²) in [5.74, 6) is 0.758. The van der Waals surface area contributed by atoms with E-state index in [0.29, 0.717) is 12.0 Å². The van der Waals surface area contributed by atoms with E-state index < -0.39 is 0 Å². The zero-order chi connectivity index (χ0) is 12.3. The van der Waals surface area contributed by atoms with Crippen LogP contribution < -0.4 is 10.2 Å². The molecule has 0 fully saturated rings. The van der Waals surface area contributed by atoms with Gasteiger partial charge in [-0.2, -0.15) is 0 Å². The molecule has 0 aliphatic rings. The predicted octanol–water partition coefficient (Wildman–Crippen LogP) is 2.88. The number of rotatable bonds is 4. The molecule has 90 valence electrons. The number of nitrogens with one attached hydrogen (secondary N) is 1. The molecule has 0 radical (unpaired) electrons. The summed E-state index contributed by atoms with van der Waals surface area (Å²) in [6.45, 7) is 4.76. The molecule has 0 bridgehead atoms. The Balaban J connectivity index is 2.47. The highest BCUT2D eigenvalue weighted by Gasteiger charge is 2.03. The zero-order valence-corrected chi connectivity index (χ0v) is 10.2. The topological polar surface area (TPSA) is 42.1 Å². The Morgan fingerprint density at radius 2 is 2.06 bits per heavy atom. The molecule has 0 saturated heterocycles. The minimum Gasteiger partial charge on any atom is -0.494 e. The van der Waals surface area contributed by atoms with E-state index in [1.807, 2.05) is 25.1 Å². The predicted molar refractivity (Wildman–Crippen MR) is 69.7 cm³/mol. The second kappa shape index (κ2) is 5.04. The summed E-state index contributed by atoms with van der Waals surface area (Å²) in [7, 11) is 0. The maximum absolute atomic E-state index is 11.9. The van der Waals surface area contributed by atoms with E-state index in [9.17, 15) is 4.79 Å². The Morgan fingerprint density at radius 3 is 2.76 bits per heavy atom. The van der Waals surface area contributed by atoms with Crippen LogP contribution in [0.3, 0.4) is 0 Å². The number of pyridine rings is 1. The van der Waals surface area contributed by atoms with Crippen molar-refractivity contribution in [3.63, 3.8) is 0 Å². The zero-order valence-electron chi connectivity index (χ0n) is 10.2. The summed E-state index contributed by atoms with van der Waals surface area (Å²) in [6, 6.07) is 7.27. The molecule has 1 aromatic heterocycles. The monoisotopic (exact) mass is 231 g/mol. The highest BCUT2D eigenvalue weighted by atomic mass is 16.5. The van der Waals surface area contributed by atoms with E-state index in [0.717, 1.165) is 29.8 Å². The molecular weight excluding hydrogens is 214 g/mol. The average molecular weight is 231 g/mol. The maximum Gasteiger partial charge on any atom is 0.189 e. The van der Waals surface area contributed by atoms with Gasteiger partial charge in [0.05, 0.1) is 6.61 Å². The number of H-pyrrole nitrogens is 1. The molecule has 0 aliphatic carbocycles. The average Bonchev–Trinajstić information content (AvgIpc) is 2.36. The number of fused-ring (bicyclic) bond motifs is 1. The number of aryl methyl sites for hydroxylation is 1. The van der Waals surface area contributed by atoms with Gasteiger partial charge < -0.3 is 9.72 Å². The highest BCUT2D eigenvalue weighted by Crippen LogP contribution is 2.17. The van der Waals surface area contributed by atoms with Crippen LogP contribution in [0.25, 0.3) is 10.9 Å². The van der Waals surface area contributed by atoms with Gasteiger partial charge in [0, 0.05) is 22.7 Å². The lowest BCUT2D eigenvalue weighted by Gasteiger charge is -2.06. The van der Waals surface area contributed by atoms with E-state index in [-0.39, 0.29) is 5.43 Å². The molecular formula is C14H17NO2. The lowest BCUT2D eigenvalue weighted by Crippen LogP contribution is -2.05. The summed E-state index contributed by atoms with van der Waals surface area (Å²) in [5.41, 5.74) is 1.89. The number of ether oxygens (including phenoxy) is 1. The van der Waals surface area contributed by atoms with Gasteiger partial charge in [-0.15, -0.1) is 0 Å². The maximum atomic E-state index is 11.9. The molecule has 1 heterocycles. The third-order valence-electron chi connectivity index (χ3n) is 2.71. The molecule has 1 aromatic carbocycles. The van der Waals surface area contributed by atoms with Gasteiger partial charge in [-0.1, -0.05) is 13.8 Å². The first kappa shape index (κ1) is 11.7. The normalized spacial score (nSPS) is 10.7. The van der Waals surface area contributed by atoms with Crippen LogP contribution in [-0.2, 0) is 6.42 Å². The molecule has 3 heteroatoms. The standard InChI is InChI=1S/C14H17NO2/c1-3-7-17-11-5-6-13-12(9-11)14(16)8-10(4-2)15-13/h5-6,8-9H,3-4,7H2,1-2H3,(H,15,16). The molecule has 2 aromatic rings. The molecule has 0 atom stereocenters. The second-order valence-electron chi connectivity index (χ2n) is 4.07. The van der Waals surface area contributed by atoms with Gasteiger partial charge in [0.25, 0.3) is 0 Å². The summed E-state index contributed by atoms with van der Waals surface area (Å²) in [4.78, 5) is 15.2. The van der Waals surface area contributed by atoms with Gasteiger partial charge in [-0.25, -0.2) is 0 Å². The molecule has 0 unspecified atom stereocenters.